The molecule has 1 heterocycles. The topological polar surface area (TPSA) is 63.6 Å². The summed E-state index contributed by atoms with van der Waals surface area (Å²) in [6, 6.07) is 6.99. The zero-order valence-corrected chi connectivity index (χ0v) is 11.4. The highest BCUT2D eigenvalue weighted by molar-refractivity contribution is 7.91. The summed E-state index contributed by atoms with van der Waals surface area (Å²) in [5.41, 5.74) is -0.602. The predicted octanol–water partition coefficient (Wildman–Crippen LogP) is 1.48. The van der Waals surface area contributed by atoms with Gasteiger partial charge in [-0.3, -0.25) is 0 Å². The second kappa shape index (κ2) is 4.55. The van der Waals surface area contributed by atoms with E-state index in [-0.39, 0.29) is 24.0 Å². The van der Waals surface area contributed by atoms with Gasteiger partial charge in [0.2, 0.25) is 0 Å². The average molecular weight is 270 g/mol. The number of benzene rings is 1. The molecule has 18 heavy (non-hydrogen) atoms. The van der Waals surface area contributed by atoms with Crippen LogP contribution in [-0.2, 0) is 15.4 Å². The lowest BCUT2D eigenvalue weighted by atomic mass is 9.93. The van der Waals surface area contributed by atoms with Gasteiger partial charge in [0, 0.05) is 0 Å². The summed E-state index contributed by atoms with van der Waals surface area (Å²) in [6.45, 7) is 3.87. The van der Waals surface area contributed by atoms with Crippen molar-refractivity contribution in [1.29, 1.82) is 0 Å². The lowest BCUT2D eigenvalue weighted by Crippen LogP contribution is -2.26. The zero-order valence-electron chi connectivity index (χ0n) is 10.6. The molecule has 100 valence electrons. The minimum Gasteiger partial charge on any atom is -0.491 e. The molecule has 1 aromatic rings. The molecule has 0 bridgehead atoms. The molecular formula is C13H18O4S. The van der Waals surface area contributed by atoms with Crippen molar-refractivity contribution < 1.29 is 18.3 Å². The molecule has 1 aliphatic rings. The molecule has 0 radical (unpaired) electrons. The molecule has 0 spiro atoms. The Balaban J connectivity index is 2.20. The minimum absolute atomic E-state index is 0.0494. The summed E-state index contributed by atoms with van der Waals surface area (Å²) in [6.07, 6.45) is 0.352. The van der Waals surface area contributed by atoms with Gasteiger partial charge in [-0.2, -0.15) is 0 Å². The Kier molecular flexibility index (Phi) is 3.38. The largest absolute Gasteiger partial charge is 0.491 e. The fourth-order valence-corrected chi connectivity index (χ4v) is 4.01. The van der Waals surface area contributed by atoms with Crippen LogP contribution in [0, 0.1) is 0 Å². The zero-order chi connectivity index (χ0) is 13.4. The van der Waals surface area contributed by atoms with Crippen LogP contribution in [0.15, 0.2) is 24.3 Å². The van der Waals surface area contributed by atoms with E-state index in [4.69, 9.17) is 4.74 Å². The molecule has 2 rings (SSSR count). The van der Waals surface area contributed by atoms with E-state index < -0.39 is 15.4 Å². The Morgan fingerprint density at radius 1 is 1.28 bits per heavy atom. The van der Waals surface area contributed by atoms with Crippen LogP contribution in [0.4, 0.5) is 0 Å². The van der Waals surface area contributed by atoms with Gasteiger partial charge in [0.05, 0.1) is 17.6 Å². The lowest BCUT2D eigenvalue weighted by Gasteiger charge is -2.21. The first-order chi connectivity index (χ1) is 8.31. The Morgan fingerprint density at radius 2 is 1.89 bits per heavy atom. The summed E-state index contributed by atoms with van der Waals surface area (Å²) in [5.74, 6) is 0.580. The van der Waals surface area contributed by atoms with Crippen LogP contribution in [0.2, 0.25) is 0 Å². The van der Waals surface area contributed by atoms with Crippen molar-refractivity contribution in [3.05, 3.63) is 29.8 Å². The van der Waals surface area contributed by atoms with Crippen molar-refractivity contribution >= 4 is 9.84 Å². The molecule has 1 saturated heterocycles. The van der Waals surface area contributed by atoms with Crippen LogP contribution >= 0.6 is 0 Å². The van der Waals surface area contributed by atoms with Gasteiger partial charge in [-0.05, 0) is 38.0 Å². The highest BCUT2D eigenvalue weighted by Gasteiger charge is 2.41. The molecule has 5 heteroatoms. The molecule has 1 aliphatic heterocycles. The molecule has 1 N–H and O–H groups in total. The molecule has 0 aromatic heterocycles. The van der Waals surface area contributed by atoms with Crippen molar-refractivity contribution in [2.24, 2.45) is 0 Å². The molecule has 1 aromatic carbocycles. The molecular weight excluding hydrogens is 252 g/mol. The van der Waals surface area contributed by atoms with Gasteiger partial charge >= 0.3 is 0 Å². The monoisotopic (exact) mass is 270 g/mol. The van der Waals surface area contributed by atoms with Gasteiger partial charge in [-0.1, -0.05) is 12.1 Å². The first-order valence-corrected chi connectivity index (χ1v) is 7.83. The van der Waals surface area contributed by atoms with Gasteiger partial charge in [-0.25, -0.2) is 8.42 Å². The standard InChI is InChI=1S/C13H18O4S/c1-10(2)17-12-5-3-11(4-6-12)13(14)7-8-18(15,16)9-13/h3-6,10,14H,7-9H2,1-2H3. The molecule has 1 fully saturated rings. The van der Waals surface area contributed by atoms with Crippen LogP contribution in [0.25, 0.3) is 0 Å². The maximum absolute atomic E-state index is 11.4. The van der Waals surface area contributed by atoms with Gasteiger partial charge in [0.15, 0.2) is 9.84 Å². The van der Waals surface area contributed by atoms with E-state index in [0.717, 1.165) is 5.75 Å². The number of aliphatic hydroxyl groups is 1. The van der Waals surface area contributed by atoms with E-state index in [1.165, 1.54) is 0 Å². The van der Waals surface area contributed by atoms with Gasteiger partial charge in [0.25, 0.3) is 0 Å². The summed E-state index contributed by atoms with van der Waals surface area (Å²) in [5, 5.41) is 10.4. The maximum Gasteiger partial charge on any atom is 0.153 e. The first kappa shape index (κ1) is 13.4. The third kappa shape index (κ3) is 2.84. The van der Waals surface area contributed by atoms with Crippen LogP contribution in [-0.4, -0.2) is 31.1 Å². The lowest BCUT2D eigenvalue weighted by molar-refractivity contribution is 0.0652. The fourth-order valence-electron chi connectivity index (χ4n) is 2.18. The number of sulfone groups is 1. The van der Waals surface area contributed by atoms with E-state index in [2.05, 4.69) is 0 Å². The van der Waals surface area contributed by atoms with E-state index in [1.807, 2.05) is 13.8 Å². The number of hydrogen-bond acceptors (Lipinski definition) is 4. The van der Waals surface area contributed by atoms with Gasteiger partial charge in [-0.15, -0.1) is 0 Å². The van der Waals surface area contributed by atoms with E-state index >= 15 is 0 Å². The first-order valence-electron chi connectivity index (χ1n) is 6.01. The molecule has 1 atom stereocenters. The summed E-state index contributed by atoms with van der Waals surface area (Å²) >= 11 is 0. The molecule has 4 nitrogen and oxygen atoms in total. The van der Waals surface area contributed by atoms with Crippen molar-refractivity contribution in [2.45, 2.75) is 32.0 Å². The number of ether oxygens (including phenoxy) is 1. The maximum atomic E-state index is 11.4. The van der Waals surface area contributed by atoms with Crippen LogP contribution in [0.3, 0.4) is 0 Å². The second-order valence-electron chi connectivity index (χ2n) is 5.06. The van der Waals surface area contributed by atoms with Crippen molar-refractivity contribution in [2.75, 3.05) is 11.5 Å². The smallest absolute Gasteiger partial charge is 0.153 e. The third-order valence-electron chi connectivity index (χ3n) is 3.05. The quantitative estimate of drug-likeness (QED) is 0.903. The predicted molar refractivity (Wildman–Crippen MR) is 69.4 cm³/mol. The SMILES string of the molecule is CC(C)Oc1ccc(C2(O)CCS(=O)(=O)C2)cc1. The second-order valence-corrected chi connectivity index (χ2v) is 7.25. The van der Waals surface area contributed by atoms with E-state index in [9.17, 15) is 13.5 Å². The molecule has 1 unspecified atom stereocenters. The van der Waals surface area contributed by atoms with Crippen molar-refractivity contribution in [1.82, 2.24) is 0 Å². The molecule has 0 amide bonds. The van der Waals surface area contributed by atoms with Gasteiger partial charge in [0.1, 0.15) is 11.4 Å². The highest BCUT2D eigenvalue weighted by Crippen LogP contribution is 2.34. The van der Waals surface area contributed by atoms with E-state index in [0.29, 0.717) is 5.56 Å². The average Bonchev–Trinajstić information content (AvgIpc) is 2.54. The summed E-state index contributed by atoms with van der Waals surface area (Å²) < 4.78 is 28.4. The minimum atomic E-state index is -3.11. The number of rotatable bonds is 3. The van der Waals surface area contributed by atoms with Crippen molar-refractivity contribution in [3.8, 4) is 5.75 Å². The Morgan fingerprint density at radius 3 is 2.33 bits per heavy atom. The van der Waals surface area contributed by atoms with Crippen molar-refractivity contribution in [3.63, 3.8) is 0 Å². The molecule has 0 aliphatic carbocycles. The normalized spacial score (nSPS) is 26.4. The Hall–Kier alpha value is -1.07. The summed E-state index contributed by atoms with van der Waals surface area (Å²) in [7, 11) is -3.11. The van der Waals surface area contributed by atoms with Crippen LogP contribution in [0.5, 0.6) is 5.75 Å². The van der Waals surface area contributed by atoms with E-state index in [1.54, 1.807) is 24.3 Å². The Bertz CT molecular complexity index is 518. The van der Waals surface area contributed by atoms with Gasteiger partial charge < -0.3 is 9.84 Å². The summed E-state index contributed by atoms with van der Waals surface area (Å²) in [4.78, 5) is 0. The van der Waals surface area contributed by atoms with Crippen LogP contribution in [0.1, 0.15) is 25.8 Å². The Labute approximate surface area is 108 Å². The molecule has 0 saturated carbocycles. The number of hydrogen-bond donors (Lipinski definition) is 1. The fraction of sp³-hybridized carbons (Fsp3) is 0.538. The third-order valence-corrected chi connectivity index (χ3v) is 4.79. The van der Waals surface area contributed by atoms with Crippen LogP contribution < -0.4 is 4.74 Å². The highest BCUT2D eigenvalue weighted by atomic mass is 32.2.